The van der Waals surface area contributed by atoms with Gasteiger partial charge >= 0.3 is 0 Å². The van der Waals surface area contributed by atoms with Gasteiger partial charge in [-0.25, -0.2) is 9.37 Å². The second-order valence-corrected chi connectivity index (χ2v) is 3.76. The van der Waals surface area contributed by atoms with E-state index in [1.165, 1.54) is 12.1 Å². The molecular weight excluding hydrogens is 239 g/mol. The molecule has 94 valence electrons. The summed E-state index contributed by atoms with van der Waals surface area (Å²) in [5.74, 6) is 0.00604. The maximum absolute atomic E-state index is 13.0. The maximum Gasteiger partial charge on any atom is 0.295 e. The zero-order valence-corrected chi connectivity index (χ0v) is 9.55. The molecular formula is C11H11FN4O2. The summed E-state index contributed by atoms with van der Waals surface area (Å²) in [5.41, 5.74) is -0.0429. The molecule has 1 atom stereocenters. The van der Waals surface area contributed by atoms with Crippen LogP contribution in [0.25, 0.3) is 0 Å². The summed E-state index contributed by atoms with van der Waals surface area (Å²) in [6.45, 7) is 1.80. The van der Waals surface area contributed by atoms with Crippen LogP contribution in [0.4, 0.5) is 15.8 Å². The molecule has 0 fully saturated rings. The Morgan fingerprint density at radius 3 is 2.94 bits per heavy atom. The first-order chi connectivity index (χ1) is 8.58. The average Bonchev–Trinajstić information content (AvgIpc) is 2.84. The van der Waals surface area contributed by atoms with Crippen LogP contribution in [-0.2, 0) is 0 Å². The summed E-state index contributed by atoms with van der Waals surface area (Å²) >= 11 is 0. The van der Waals surface area contributed by atoms with Crippen LogP contribution in [0, 0.1) is 15.9 Å². The number of halogens is 1. The maximum atomic E-state index is 13.0. The van der Waals surface area contributed by atoms with Crippen LogP contribution in [0.2, 0.25) is 0 Å². The van der Waals surface area contributed by atoms with Gasteiger partial charge in [-0.1, -0.05) is 0 Å². The van der Waals surface area contributed by atoms with Crippen molar-refractivity contribution >= 4 is 11.4 Å². The molecule has 0 saturated heterocycles. The molecule has 18 heavy (non-hydrogen) atoms. The highest BCUT2D eigenvalue weighted by Gasteiger charge is 2.17. The lowest BCUT2D eigenvalue weighted by atomic mass is 10.2. The van der Waals surface area contributed by atoms with Gasteiger partial charge in [0.05, 0.1) is 17.0 Å². The minimum atomic E-state index is -0.641. The predicted molar refractivity (Wildman–Crippen MR) is 63.7 cm³/mol. The number of aromatic amines is 1. The molecule has 0 aliphatic heterocycles. The number of H-pyrrole nitrogens is 1. The molecule has 6 nitrogen and oxygen atoms in total. The first-order valence-corrected chi connectivity index (χ1v) is 5.27. The number of nitrogens with one attached hydrogen (secondary N) is 2. The van der Waals surface area contributed by atoms with E-state index in [0.717, 1.165) is 6.07 Å². The fraction of sp³-hybridized carbons (Fsp3) is 0.182. The van der Waals surface area contributed by atoms with Gasteiger partial charge in [-0.05, 0) is 19.1 Å². The zero-order chi connectivity index (χ0) is 13.1. The number of anilines is 1. The smallest absolute Gasteiger partial charge is 0.295 e. The number of aromatic nitrogens is 2. The molecule has 0 spiro atoms. The Kier molecular flexibility index (Phi) is 3.22. The Balaban J connectivity index is 2.26. The summed E-state index contributed by atoms with van der Waals surface area (Å²) in [4.78, 5) is 17.1. The first-order valence-electron chi connectivity index (χ1n) is 5.27. The molecule has 0 aliphatic carbocycles. The van der Waals surface area contributed by atoms with E-state index >= 15 is 0 Å². The second kappa shape index (κ2) is 4.82. The van der Waals surface area contributed by atoms with Crippen molar-refractivity contribution in [2.45, 2.75) is 13.0 Å². The van der Waals surface area contributed by atoms with Crippen molar-refractivity contribution in [3.8, 4) is 0 Å². The molecule has 7 heteroatoms. The zero-order valence-electron chi connectivity index (χ0n) is 9.55. The molecule has 0 radical (unpaired) electrons. The predicted octanol–water partition coefficient (Wildman–Crippen LogP) is 2.63. The molecule has 1 aromatic carbocycles. The van der Waals surface area contributed by atoms with E-state index in [2.05, 4.69) is 15.3 Å². The number of hydrogen-bond acceptors (Lipinski definition) is 4. The van der Waals surface area contributed by atoms with E-state index < -0.39 is 10.7 Å². The third-order valence-electron chi connectivity index (χ3n) is 2.46. The number of hydrogen-bond donors (Lipinski definition) is 2. The Bertz CT molecular complexity index is 556. The number of nitro groups is 1. The van der Waals surface area contributed by atoms with Gasteiger partial charge in [0, 0.05) is 12.4 Å². The lowest BCUT2D eigenvalue weighted by Gasteiger charge is -2.12. The third kappa shape index (κ3) is 2.45. The summed E-state index contributed by atoms with van der Waals surface area (Å²) in [6, 6.07) is 3.15. The third-order valence-corrected chi connectivity index (χ3v) is 2.46. The van der Waals surface area contributed by atoms with E-state index in [9.17, 15) is 14.5 Å². The fourth-order valence-electron chi connectivity index (χ4n) is 1.59. The molecule has 0 amide bonds. The van der Waals surface area contributed by atoms with Gasteiger partial charge in [-0.3, -0.25) is 10.1 Å². The van der Waals surface area contributed by atoms with Gasteiger partial charge in [-0.2, -0.15) is 0 Å². The summed E-state index contributed by atoms with van der Waals surface area (Å²) in [6.07, 6.45) is 3.25. The van der Waals surface area contributed by atoms with Crippen LogP contribution >= 0.6 is 0 Å². The Morgan fingerprint density at radius 2 is 2.33 bits per heavy atom. The van der Waals surface area contributed by atoms with Crippen molar-refractivity contribution in [1.82, 2.24) is 9.97 Å². The number of nitrogens with zero attached hydrogens (tertiary/aromatic N) is 2. The number of imidazole rings is 1. The average molecular weight is 250 g/mol. The lowest BCUT2D eigenvalue weighted by molar-refractivity contribution is -0.384. The number of rotatable bonds is 4. The topological polar surface area (TPSA) is 83.8 Å². The van der Waals surface area contributed by atoms with Crippen molar-refractivity contribution < 1.29 is 9.31 Å². The van der Waals surface area contributed by atoms with Crippen molar-refractivity contribution in [2.75, 3.05) is 5.32 Å². The highest BCUT2D eigenvalue weighted by Crippen LogP contribution is 2.27. The van der Waals surface area contributed by atoms with E-state index in [4.69, 9.17) is 0 Å². The van der Waals surface area contributed by atoms with Gasteiger partial charge in [0.1, 0.15) is 17.3 Å². The minimum Gasteiger partial charge on any atom is -0.370 e. The summed E-state index contributed by atoms with van der Waals surface area (Å²) in [5, 5.41) is 13.7. The highest BCUT2D eigenvalue weighted by atomic mass is 19.1. The quantitative estimate of drug-likeness (QED) is 0.645. The van der Waals surface area contributed by atoms with Gasteiger partial charge in [-0.15, -0.1) is 0 Å². The second-order valence-electron chi connectivity index (χ2n) is 3.76. The van der Waals surface area contributed by atoms with Crippen molar-refractivity contribution in [3.05, 3.63) is 52.3 Å². The molecule has 2 N–H and O–H groups in total. The largest absolute Gasteiger partial charge is 0.370 e. The van der Waals surface area contributed by atoms with Gasteiger partial charge in [0.15, 0.2) is 0 Å². The van der Waals surface area contributed by atoms with Crippen molar-refractivity contribution in [2.24, 2.45) is 0 Å². The molecule has 0 saturated carbocycles. The van der Waals surface area contributed by atoms with Gasteiger partial charge in [0.2, 0.25) is 0 Å². The van der Waals surface area contributed by atoms with Crippen LogP contribution in [0.5, 0.6) is 0 Å². The van der Waals surface area contributed by atoms with Crippen LogP contribution in [-0.4, -0.2) is 14.9 Å². The van der Waals surface area contributed by atoms with Crippen LogP contribution < -0.4 is 5.32 Å². The van der Waals surface area contributed by atoms with E-state index in [1.54, 1.807) is 19.3 Å². The molecule has 1 unspecified atom stereocenters. The first kappa shape index (κ1) is 12.0. The monoisotopic (exact) mass is 250 g/mol. The Hall–Kier alpha value is -2.44. The summed E-state index contributed by atoms with van der Waals surface area (Å²) in [7, 11) is 0. The molecule has 0 aliphatic rings. The highest BCUT2D eigenvalue weighted by molar-refractivity contribution is 5.61. The Labute approximate surface area is 102 Å². The lowest BCUT2D eigenvalue weighted by Crippen LogP contribution is -2.10. The Morgan fingerprint density at radius 1 is 1.56 bits per heavy atom. The van der Waals surface area contributed by atoms with Crippen LogP contribution in [0.15, 0.2) is 30.6 Å². The van der Waals surface area contributed by atoms with E-state index in [1.807, 2.05) is 0 Å². The van der Waals surface area contributed by atoms with E-state index in [0.29, 0.717) is 5.82 Å². The van der Waals surface area contributed by atoms with Crippen LogP contribution in [0.1, 0.15) is 18.8 Å². The van der Waals surface area contributed by atoms with Gasteiger partial charge < -0.3 is 10.3 Å². The van der Waals surface area contributed by atoms with Crippen LogP contribution in [0.3, 0.4) is 0 Å². The molecule has 2 aromatic rings. The fourth-order valence-corrected chi connectivity index (χ4v) is 1.59. The van der Waals surface area contributed by atoms with Crippen molar-refractivity contribution in [3.63, 3.8) is 0 Å². The SMILES string of the molecule is CC(Nc1ccc(F)cc1[N+](=O)[O-])c1ncc[nH]1. The van der Waals surface area contributed by atoms with E-state index in [-0.39, 0.29) is 17.4 Å². The van der Waals surface area contributed by atoms with Crippen molar-refractivity contribution in [1.29, 1.82) is 0 Å². The molecule has 2 rings (SSSR count). The minimum absolute atomic E-state index is 0.246. The molecule has 0 bridgehead atoms. The van der Waals surface area contributed by atoms with Gasteiger partial charge in [0.25, 0.3) is 5.69 Å². The summed E-state index contributed by atoms with van der Waals surface area (Å²) < 4.78 is 13.0. The number of benzene rings is 1. The number of nitro benzene ring substituents is 1. The molecule has 1 aromatic heterocycles. The normalized spacial score (nSPS) is 12.1. The standard InChI is InChI=1S/C11H11FN4O2/c1-7(11-13-4-5-14-11)15-9-3-2-8(12)6-10(9)16(17)18/h2-7,15H,1H3,(H,13,14). The molecule has 1 heterocycles.